The van der Waals surface area contributed by atoms with Crippen LogP contribution in [0.25, 0.3) is 44.8 Å². The van der Waals surface area contributed by atoms with E-state index in [1.165, 1.54) is 5.56 Å². The van der Waals surface area contributed by atoms with E-state index in [-0.39, 0.29) is 5.69 Å². The summed E-state index contributed by atoms with van der Waals surface area (Å²) in [5.74, 6) is -0.0427. The molecule has 0 aliphatic rings. The molecule has 0 aliphatic heterocycles. The predicted octanol–water partition coefficient (Wildman–Crippen LogP) is 4.39. The maximum atomic E-state index is 15.8. The van der Waals surface area contributed by atoms with Crippen LogP contribution in [0.4, 0.5) is 4.39 Å². The lowest BCUT2D eigenvalue weighted by molar-refractivity contribution is 0.638. The van der Waals surface area contributed by atoms with E-state index in [0.717, 1.165) is 17.6 Å². The lowest BCUT2D eigenvalue weighted by atomic mass is 10.1. The first-order valence-corrected chi connectivity index (χ1v) is 10.8. The standard InChI is InChI=1S/C25H19FN8/c26-21-20-19(33-34-23(20)25-31-18-7-4-8-29-24(18)32-25)14-30-22(21)17-9-16(12-28-13-17)11-27-10-15-5-2-1-3-6-15/h1-9,12-14,27H,10-11H2,(H,33,34)(H,29,31,32). The molecule has 0 unspecified atom stereocenters. The Hall–Kier alpha value is -4.50. The molecular weight excluding hydrogens is 431 g/mol. The summed E-state index contributed by atoms with van der Waals surface area (Å²) in [7, 11) is 0. The van der Waals surface area contributed by atoms with E-state index in [2.05, 4.69) is 52.6 Å². The molecule has 0 amide bonds. The minimum atomic E-state index is -0.481. The highest BCUT2D eigenvalue weighted by Crippen LogP contribution is 2.32. The van der Waals surface area contributed by atoms with Crippen molar-refractivity contribution in [3.8, 4) is 22.8 Å². The van der Waals surface area contributed by atoms with Gasteiger partial charge in [0.05, 0.1) is 22.6 Å². The molecule has 0 atom stereocenters. The Morgan fingerprint density at radius 1 is 0.853 bits per heavy atom. The number of hydrogen-bond acceptors (Lipinski definition) is 6. The van der Waals surface area contributed by atoms with Crippen LogP contribution in [0.15, 0.2) is 73.3 Å². The summed E-state index contributed by atoms with van der Waals surface area (Å²) in [5, 5.41) is 10.8. The predicted molar refractivity (Wildman–Crippen MR) is 127 cm³/mol. The number of aromatic nitrogens is 7. The second-order valence-corrected chi connectivity index (χ2v) is 7.91. The maximum absolute atomic E-state index is 15.8. The molecular formula is C25H19FN8. The second-order valence-electron chi connectivity index (χ2n) is 7.91. The number of aromatic amines is 2. The van der Waals surface area contributed by atoms with Crippen molar-refractivity contribution in [3.05, 3.63) is 90.3 Å². The van der Waals surface area contributed by atoms with Crippen LogP contribution < -0.4 is 5.32 Å². The molecule has 0 saturated carbocycles. The fourth-order valence-electron chi connectivity index (χ4n) is 3.97. The lowest BCUT2D eigenvalue weighted by Crippen LogP contribution is -2.12. The van der Waals surface area contributed by atoms with Crippen molar-refractivity contribution in [2.75, 3.05) is 0 Å². The van der Waals surface area contributed by atoms with Crippen molar-refractivity contribution >= 4 is 22.1 Å². The molecule has 3 N–H and O–H groups in total. The third-order valence-corrected chi connectivity index (χ3v) is 5.60. The summed E-state index contributed by atoms with van der Waals surface area (Å²) in [6, 6.07) is 15.7. The Labute approximate surface area is 193 Å². The molecule has 0 fully saturated rings. The number of hydrogen-bond donors (Lipinski definition) is 3. The van der Waals surface area contributed by atoms with Crippen LogP contribution in [-0.2, 0) is 13.1 Å². The van der Waals surface area contributed by atoms with Gasteiger partial charge in [0.15, 0.2) is 17.3 Å². The molecule has 34 heavy (non-hydrogen) atoms. The van der Waals surface area contributed by atoms with Crippen LogP contribution in [0.1, 0.15) is 11.1 Å². The number of H-pyrrole nitrogens is 2. The van der Waals surface area contributed by atoms with Crippen LogP contribution >= 0.6 is 0 Å². The van der Waals surface area contributed by atoms with Gasteiger partial charge in [-0.2, -0.15) is 5.10 Å². The van der Waals surface area contributed by atoms with Crippen molar-refractivity contribution < 1.29 is 4.39 Å². The topological polar surface area (TPSA) is 108 Å². The second kappa shape index (κ2) is 8.45. The van der Waals surface area contributed by atoms with E-state index < -0.39 is 5.82 Å². The smallest absolute Gasteiger partial charge is 0.178 e. The van der Waals surface area contributed by atoms with Gasteiger partial charge in [-0.05, 0) is 29.3 Å². The van der Waals surface area contributed by atoms with Crippen LogP contribution in [0.2, 0.25) is 0 Å². The van der Waals surface area contributed by atoms with Gasteiger partial charge in [-0.15, -0.1) is 0 Å². The number of nitrogens with one attached hydrogen (secondary N) is 3. The van der Waals surface area contributed by atoms with Crippen molar-refractivity contribution in [1.29, 1.82) is 0 Å². The number of rotatable bonds is 6. The van der Waals surface area contributed by atoms with Crippen LogP contribution in [0.5, 0.6) is 0 Å². The number of halogens is 1. The van der Waals surface area contributed by atoms with Gasteiger partial charge in [0.2, 0.25) is 0 Å². The first kappa shape index (κ1) is 20.1. The number of benzene rings is 1. The molecule has 5 heterocycles. The summed E-state index contributed by atoms with van der Waals surface area (Å²) in [6.07, 6.45) is 6.61. The summed E-state index contributed by atoms with van der Waals surface area (Å²) >= 11 is 0. The van der Waals surface area contributed by atoms with Gasteiger partial charge in [0.25, 0.3) is 0 Å². The Balaban J connectivity index is 1.32. The normalized spacial score (nSPS) is 11.4. The van der Waals surface area contributed by atoms with Crippen LogP contribution in [-0.4, -0.2) is 35.1 Å². The number of imidazole rings is 1. The van der Waals surface area contributed by atoms with E-state index in [9.17, 15) is 0 Å². The molecule has 0 saturated heterocycles. The summed E-state index contributed by atoms with van der Waals surface area (Å²) in [6.45, 7) is 1.33. The monoisotopic (exact) mass is 450 g/mol. The molecule has 5 aromatic heterocycles. The van der Waals surface area contributed by atoms with Crippen molar-refractivity contribution in [1.82, 2.24) is 40.4 Å². The third kappa shape index (κ3) is 3.67. The van der Waals surface area contributed by atoms with Gasteiger partial charge < -0.3 is 10.3 Å². The molecule has 0 spiro atoms. The lowest BCUT2D eigenvalue weighted by Gasteiger charge is -2.08. The van der Waals surface area contributed by atoms with Gasteiger partial charge in [0, 0.05) is 37.2 Å². The van der Waals surface area contributed by atoms with Crippen molar-refractivity contribution in [2.24, 2.45) is 0 Å². The van der Waals surface area contributed by atoms with Gasteiger partial charge in [-0.25, -0.2) is 14.4 Å². The number of nitrogens with zero attached hydrogens (tertiary/aromatic N) is 5. The highest BCUT2D eigenvalue weighted by atomic mass is 19.1. The quantitative estimate of drug-likeness (QED) is 0.347. The van der Waals surface area contributed by atoms with Gasteiger partial charge in [0.1, 0.15) is 11.4 Å². The molecule has 8 nitrogen and oxygen atoms in total. The Kier molecular flexibility index (Phi) is 5.00. The van der Waals surface area contributed by atoms with Crippen LogP contribution in [0.3, 0.4) is 0 Å². The minimum Gasteiger partial charge on any atom is -0.335 e. The van der Waals surface area contributed by atoms with Gasteiger partial charge >= 0.3 is 0 Å². The zero-order chi connectivity index (χ0) is 22.9. The summed E-state index contributed by atoms with van der Waals surface area (Å²) < 4.78 is 15.8. The molecule has 0 radical (unpaired) electrons. The van der Waals surface area contributed by atoms with E-state index >= 15 is 4.39 Å². The Morgan fingerprint density at radius 3 is 2.62 bits per heavy atom. The zero-order valence-corrected chi connectivity index (χ0v) is 18.0. The van der Waals surface area contributed by atoms with E-state index in [1.54, 1.807) is 24.8 Å². The average molecular weight is 450 g/mol. The third-order valence-electron chi connectivity index (χ3n) is 5.60. The average Bonchev–Trinajstić information content (AvgIpc) is 3.50. The zero-order valence-electron chi connectivity index (χ0n) is 18.0. The van der Waals surface area contributed by atoms with E-state index in [4.69, 9.17) is 0 Å². The van der Waals surface area contributed by atoms with Gasteiger partial charge in [-0.3, -0.25) is 15.1 Å². The molecule has 0 bridgehead atoms. The maximum Gasteiger partial charge on any atom is 0.178 e. The first-order chi connectivity index (χ1) is 16.8. The fourth-order valence-corrected chi connectivity index (χ4v) is 3.97. The molecule has 1 aromatic carbocycles. The summed E-state index contributed by atoms with van der Waals surface area (Å²) in [4.78, 5) is 20.5. The molecule has 6 aromatic rings. The molecule has 166 valence electrons. The van der Waals surface area contributed by atoms with Crippen molar-refractivity contribution in [2.45, 2.75) is 13.1 Å². The summed E-state index contributed by atoms with van der Waals surface area (Å²) in [5.41, 5.74) is 5.09. The SMILES string of the molecule is Fc1c(-c2cncc(CNCc3ccccc3)c2)ncc2[nH]nc(-c3nc4ncccc4[nH]3)c12. The Morgan fingerprint density at radius 2 is 1.74 bits per heavy atom. The molecule has 0 aliphatic carbocycles. The number of fused-ring (bicyclic) bond motifs is 2. The van der Waals surface area contributed by atoms with Gasteiger partial charge in [-0.1, -0.05) is 30.3 Å². The van der Waals surface area contributed by atoms with Crippen LogP contribution in [0, 0.1) is 5.82 Å². The highest BCUT2D eigenvalue weighted by Gasteiger charge is 2.20. The fraction of sp³-hybridized carbons (Fsp3) is 0.0800. The minimum absolute atomic E-state index is 0.210. The van der Waals surface area contributed by atoms with Crippen molar-refractivity contribution in [3.63, 3.8) is 0 Å². The number of pyridine rings is 3. The molecule has 6 rings (SSSR count). The van der Waals surface area contributed by atoms with E-state index in [1.807, 2.05) is 36.4 Å². The highest BCUT2D eigenvalue weighted by molar-refractivity contribution is 5.94. The largest absolute Gasteiger partial charge is 0.335 e. The van der Waals surface area contributed by atoms with E-state index in [0.29, 0.717) is 40.2 Å². The Bertz CT molecular complexity index is 1570. The molecule has 9 heteroatoms. The first-order valence-electron chi connectivity index (χ1n) is 10.8.